The molecular weight excluding hydrogens is 288 g/mol. The first-order valence-electron chi connectivity index (χ1n) is 7.39. The van der Waals surface area contributed by atoms with Crippen molar-refractivity contribution in [2.24, 2.45) is 0 Å². The second kappa shape index (κ2) is 10.0. The second-order valence-corrected chi connectivity index (χ2v) is 5.37. The van der Waals surface area contributed by atoms with Gasteiger partial charge in [0.2, 0.25) is 0 Å². The van der Waals surface area contributed by atoms with Gasteiger partial charge < -0.3 is 19.7 Å². The topological polar surface area (TPSA) is 33.7 Å². The van der Waals surface area contributed by atoms with Crippen LogP contribution in [0.2, 0.25) is 5.02 Å². The van der Waals surface area contributed by atoms with E-state index < -0.39 is 0 Å². The molecule has 0 saturated heterocycles. The van der Waals surface area contributed by atoms with E-state index in [9.17, 15) is 0 Å². The van der Waals surface area contributed by atoms with E-state index in [1.165, 1.54) is 0 Å². The maximum Gasteiger partial charge on any atom is 0.0637 e. The van der Waals surface area contributed by atoms with Crippen molar-refractivity contribution >= 4 is 17.3 Å². The standard InChI is InChI=1S/C16H27ClN2O2/c1-5-18-13(2)15-7-6-14(12-16(15)17)19(8-10-20-3)9-11-21-4/h6-7,12-13,18H,5,8-11H2,1-4H3. The zero-order valence-electron chi connectivity index (χ0n) is 13.5. The van der Waals surface area contributed by atoms with Gasteiger partial charge >= 0.3 is 0 Å². The highest BCUT2D eigenvalue weighted by atomic mass is 35.5. The summed E-state index contributed by atoms with van der Waals surface area (Å²) in [6.45, 7) is 8.13. The number of nitrogens with one attached hydrogen (secondary N) is 1. The second-order valence-electron chi connectivity index (χ2n) is 4.96. The lowest BCUT2D eigenvalue weighted by atomic mass is 10.1. The monoisotopic (exact) mass is 314 g/mol. The fraction of sp³-hybridized carbons (Fsp3) is 0.625. The van der Waals surface area contributed by atoms with Gasteiger partial charge in [0.1, 0.15) is 0 Å². The SMILES string of the molecule is CCNC(C)c1ccc(N(CCOC)CCOC)cc1Cl. The van der Waals surface area contributed by atoms with Gasteiger partial charge in [0.05, 0.1) is 13.2 Å². The highest BCUT2D eigenvalue weighted by molar-refractivity contribution is 6.31. The number of ether oxygens (including phenoxy) is 2. The van der Waals surface area contributed by atoms with E-state index >= 15 is 0 Å². The van der Waals surface area contributed by atoms with E-state index in [2.05, 4.69) is 36.2 Å². The summed E-state index contributed by atoms with van der Waals surface area (Å²) in [6, 6.07) is 6.48. The largest absolute Gasteiger partial charge is 0.383 e. The Labute approximate surface area is 133 Å². The molecule has 0 bridgehead atoms. The van der Waals surface area contributed by atoms with Gasteiger partial charge in [-0.15, -0.1) is 0 Å². The Bertz CT molecular complexity index is 407. The van der Waals surface area contributed by atoms with Gasteiger partial charge in [0.15, 0.2) is 0 Å². The summed E-state index contributed by atoms with van der Waals surface area (Å²) in [7, 11) is 3.42. The normalized spacial score (nSPS) is 12.4. The molecule has 0 saturated carbocycles. The molecule has 1 rings (SSSR count). The lowest BCUT2D eigenvalue weighted by molar-refractivity contribution is 0.190. The average Bonchev–Trinajstić information content (AvgIpc) is 2.47. The number of methoxy groups -OCH3 is 2. The minimum Gasteiger partial charge on any atom is -0.383 e. The molecule has 120 valence electrons. The zero-order chi connectivity index (χ0) is 15.7. The summed E-state index contributed by atoms with van der Waals surface area (Å²) in [6.07, 6.45) is 0. The van der Waals surface area contributed by atoms with Crippen LogP contribution in [0.1, 0.15) is 25.5 Å². The fourth-order valence-corrected chi connectivity index (χ4v) is 2.59. The predicted molar refractivity (Wildman–Crippen MR) is 89.5 cm³/mol. The van der Waals surface area contributed by atoms with Crippen molar-refractivity contribution in [3.05, 3.63) is 28.8 Å². The van der Waals surface area contributed by atoms with Crippen molar-refractivity contribution in [3.8, 4) is 0 Å². The average molecular weight is 315 g/mol. The molecule has 4 nitrogen and oxygen atoms in total. The summed E-state index contributed by atoms with van der Waals surface area (Å²) < 4.78 is 10.3. The van der Waals surface area contributed by atoms with E-state index in [1.54, 1.807) is 14.2 Å². The molecule has 1 aromatic rings. The van der Waals surface area contributed by atoms with Gasteiger partial charge in [0.25, 0.3) is 0 Å². The van der Waals surface area contributed by atoms with Crippen LogP contribution in [-0.4, -0.2) is 47.1 Å². The zero-order valence-corrected chi connectivity index (χ0v) is 14.2. The van der Waals surface area contributed by atoms with Gasteiger partial charge in [-0.3, -0.25) is 0 Å². The summed E-state index contributed by atoms with van der Waals surface area (Å²) in [5.74, 6) is 0. The van der Waals surface area contributed by atoms with Crippen LogP contribution in [0, 0.1) is 0 Å². The van der Waals surface area contributed by atoms with Crippen molar-refractivity contribution in [1.29, 1.82) is 0 Å². The highest BCUT2D eigenvalue weighted by Crippen LogP contribution is 2.28. The molecule has 5 heteroatoms. The Morgan fingerprint density at radius 2 is 1.81 bits per heavy atom. The highest BCUT2D eigenvalue weighted by Gasteiger charge is 2.12. The van der Waals surface area contributed by atoms with Crippen LogP contribution in [0.3, 0.4) is 0 Å². The van der Waals surface area contributed by atoms with Crippen molar-refractivity contribution in [2.45, 2.75) is 19.9 Å². The van der Waals surface area contributed by atoms with Crippen molar-refractivity contribution in [1.82, 2.24) is 5.32 Å². The first-order valence-corrected chi connectivity index (χ1v) is 7.77. The van der Waals surface area contributed by atoms with E-state index in [0.717, 1.165) is 35.9 Å². The van der Waals surface area contributed by atoms with Gasteiger partial charge in [-0.05, 0) is 31.2 Å². The molecule has 0 aliphatic rings. The lowest BCUT2D eigenvalue weighted by Gasteiger charge is -2.25. The Morgan fingerprint density at radius 3 is 2.29 bits per heavy atom. The number of hydrogen-bond acceptors (Lipinski definition) is 4. The maximum atomic E-state index is 6.44. The first kappa shape index (κ1) is 18.2. The molecule has 0 radical (unpaired) electrons. The van der Waals surface area contributed by atoms with Crippen LogP contribution < -0.4 is 10.2 Å². The molecule has 0 heterocycles. The number of rotatable bonds is 10. The Balaban J connectivity index is 2.86. The minimum atomic E-state index is 0.253. The molecule has 1 atom stereocenters. The predicted octanol–water partition coefficient (Wildman–Crippen LogP) is 3.11. The number of benzene rings is 1. The third kappa shape index (κ3) is 5.83. The van der Waals surface area contributed by atoms with Gasteiger partial charge in [-0.1, -0.05) is 24.6 Å². The number of anilines is 1. The number of nitrogens with zero attached hydrogens (tertiary/aromatic N) is 1. The van der Waals surface area contributed by atoms with Gasteiger partial charge in [0, 0.05) is 44.1 Å². The first-order chi connectivity index (χ1) is 10.1. The maximum absolute atomic E-state index is 6.44. The van der Waals surface area contributed by atoms with E-state index in [1.807, 2.05) is 6.07 Å². The van der Waals surface area contributed by atoms with Gasteiger partial charge in [-0.2, -0.15) is 0 Å². The molecule has 0 aromatic heterocycles. The molecule has 1 N–H and O–H groups in total. The minimum absolute atomic E-state index is 0.253. The van der Waals surface area contributed by atoms with Crippen LogP contribution in [-0.2, 0) is 9.47 Å². The smallest absolute Gasteiger partial charge is 0.0637 e. The third-order valence-corrected chi connectivity index (χ3v) is 3.78. The Kier molecular flexibility index (Phi) is 8.69. The van der Waals surface area contributed by atoms with Crippen LogP contribution >= 0.6 is 11.6 Å². The molecule has 21 heavy (non-hydrogen) atoms. The van der Waals surface area contributed by atoms with Crippen LogP contribution in [0.5, 0.6) is 0 Å². The molecule has 0 aliphatic heterocycles. The molecule has 0 fully saturated rings. The third-order valence-electron chi connectivity index (χ3n) is 3.46. The quantitative estimate of drug-likeness (QED) is 0.719. The summed E-state index contributed by atoms with van der Waals surface area (Å²) in [5.41, 5.74) is 2.22. The molecule has 1 unspecified atom stereocenters. The molecule has 0 aliphatic carbocycles. The molecule has 0 spiro atoms. The Morgan fingerprint density at radius 1 is 1.19 bits per heavy atom. The van der Waals surface area contributed by atoms with Crippen LogP contribution in [0.4, 0.5) is 5.69 Å². The van der Waals surface area contributed by atoms with Crippen LogP contribution in [0.15, 0.2) is 18.2 Å². The summed E-state index contributed by atoms with van der Waals surface area (Å²) >= 11 is 6.44. The number of hydrogen-bond donors (Lipinski definition) is 1. The molecular formula is C16H27ClN2O2. The summed E-state index contributed by atoms with van der Waals surface area (Å²) in [5, 5.41) is 4.17. The van der Waals surface area contributed by atoms with Crippen LogP contribution in [0.25, 0.3) is 0 Å². The number of halogens is 1. The molecule has 1 aromatic carbocycles. The van der Waals surface area contributed by atoms with Crippen molar-refractivity contribution in [3.63, 3.8) is 0 Å². The van der Waals surface area contributed by atoms with E-state index in [0.29, 0.717) is 13.2 Å². The van der Waals surface area contributed by atoms with Crippen molar-refractivity contribution < 1.29 is 9.47 Å². The fourth-order valence-electron chi connectivity index (χ4n) is 2.25. The van der Waals surface area contributed by atoms with E-state index in [-0.39, 0.29) is 6.04 Å². The lowest BCUT2D eigenvalue weighted by Crippen LogP contribution is -2.30. The molecule has 0 amide bonds. The van der Waals surface area contributed by atoms with Crippen molar-refractivity contribution in [2.75, 3.05) is 52.0 Å². The Hall–Kier alpha value is -0.810. The summed E-state index contributed by atoms with van der Waals surface area (Å²) in [4.78, 5) is 2.22. The van der Waals surface area contributed by atoms with Gasteiger partial charge in [-0.25, -0.2) is 0 Å². The van der Waals surface area contributed by atoms with E-state index in [4.69, 9.17) is 21.1 Å².